The summed E-state index contributed by atoms with van der Waals surface area (Å²) in [6.07, 6.45) is 2.02. The molecule has 30 heavy (non-hydrogen) atoms. The van der Waals surface area contributed by atoms with E-state index in [0.717, 1.165) is 5.56 Å². The standard InChI is InChI=1S/C22H16ClF3N2O2/c23-15-7-5-13(6-8-15)12-30-16-9-10-18(29)17(11-16)20-19(14-3-1-2-4-14)21(28-27-20)22(24,25)26/h1-11,14,29H,12H2,(H,27,28). The number of benzene rings is 2. The van der Waals surface area contributed by atoms with Crippen molar-refractivity contribution in [3.8, 4) is 22.8 Å². The number of aromatic hydroxyl groups is 1. The molecule has 1 aliphatic carbocycles. The van der Waals surface area contributed by atoms with Crippen molar-refractivity contribution in [2.75, 3.05) is 0 Å². The number of hydrogen-bond acceptors (Lipinski definition) is 3. The van der Waals surface area contributed by atoms with Crippen LogP contribution in [0.2, 0.25) is 5.02 Å². The monoisotopic (exact) mass is 432 g/mol. The average molecular weight is 433 g/mol. The summed E-state index contributed by atoms with van der Waals surface area (Å²) < 4.78 is 46.3. The highest BCUT2D eigenvalue weighted by atomic mass is 35.5. The largest absolute Gasteiger partial charge is 0.507 e. The van der Waals surface area contributed by atoms with Gasteiger partial charge in [0.1, 0.15) is 29.5 Å². The van der Waals surface area contributed by atoms with Crippen molar-refractivity contribution >= 4 is 11.6 Å². The molecule has 1 aromatic heterocycles. The summed E-state index contributed by atoms with van der Waals surface area (Å²) in [5.74, 6) is -0.410. The van der Waals surface area contributed by atoms with Crippen molar-refractivity contribution in [3.63, 3.8) is 0 Å². The van der Waals surface area contributed by atoms with Gasteiger partial charge in [-0.25, -0.2) is 0 Å². The minimum atomic E-state index is -4.61. The molecule has 154 valence electrons. The molecular formula is C22H16ClF3N2O2. The number of allylic oxidation sites excluding steroid dienone is 4. The van der Waals surface area contributed by atoms with E-state index in [1.807, 2.05) is 12.1 Å². The number of H-pyrrole nitrogens is 1. The second-order valence-corrected chi connectivity index (χ2v) is 7.18. The lowest BCUT2D eigenvalue weighted by atomic mass is 9.94. The van der Waals surface area contributed by atoms with E-state index in [9.17, 15) is 18.3 Å². The zero-order chi connectivity index (χ0) is 21.3. The lowest BCUT2D eigenvalue weighted by Crippen LogP contribution is -2.10. The third kappa shape index (κ3) is 4.07. The van der Waals surface area contributed by atoms with Crippen LogP contribution in [-0.4, -0.2) is 15.3 Å². The summed E-state index contributed by atoms with van der Waals surface area (Å²) >= 11 is 5.87. The van der Waals surface area contributed by atoms with Crippen LogP contribution in [0, 0.1) is 0 Å². The Morgan fingerprint density at radius 2 is 1.77 bits per heavy atom. The minimum Gasteiger partial charge on any atom is -0.507 e. The number of aromatic nitrogens is 2. The van der Waals surface area contributed by atoms with Gasteiger partial charge in [0.05, 0.1) is 0 Å². The fourth-order valence-electron chi connectivity index (χ4n) is 3.26. The van der Waals surface area contributed by atoms with Crippen LogP contribution in [0.25, 0.3) is 11.3 Å². The molecule has 0 saturated carbocycles. The van der Waals surface area contributed by atoms with Crippen LogP contribution in [0.15, 0.2) is 66.8 Å². The summed E-state index contributed by atoms with van der Waals surface area (Å²) in [5.41, 5.74) is 0.0651. The molecule has 0 fully saturated rings. The Kier molecular flexibility index (Phi) is 5.30. The van der Waals surface area contributed by atoms with E-state index in [1.165, 1.54) is 12.1 Å². The molecule has 4 rings (SSSR count). The van der Waals surface area contributed by atoms with E-state index in [-0.39, 0.29) is 29.2 Å². The number of phenolic OH excluding ortho intramolecular Hbond substituents is 1. The lowest BCUT2D eigenvalue weighted by Gasteiger charge is -2.14. The molecule has 0 spiro atoms. The number of phenols is 1. The maximum absolute atomic E-state index is 13.5. The fourth-order valence-corrected chi connectivity index (χ4v) is 3.39. The van der Waals surface area contributed by atoms with Gasteiger partial charge in [0.2, 0.25) is 0 Å². The van der Waals surface area contributed by atoms with E-state index in [2.05, 4.69) is 10.2 Å². The Morgan fingerprint density at radius 3 is 2.43 bits per heavy atom. The van der Waals surface area contributed by atoms with Crippen molar-refractivity contribution in [2.45, 2.75) is 18.7 Å². The molecule has 2 aromatic carbocycles. The molecule has 0 unspecified atom stereocenters. The van der Waals surface area contributed by atoms with Crippen molar-refractivity contribution in [3.05, 3.63) is 88.6 Å². The topological polar surface area (TPSA) is 58.1 Å². The van der Waals surface area contributed by atoms with E-state index in [0.29, 0.717) is 10.8 Å². The summed E-state index contributed by atoms with van der Waals surface area (Å²) in [6, 6.07) is 11.5. The number of rotatable bonds is 5. The summed E-state index contributed by atoms with van der Waals surface area (Å²) in [7, 11) is 0. The predicted octanol–water partition coefficient (Wildman–Crippen LogP) is 6.24. The fraction of sp³-hybridized carbons (Fsp3) is 0.136. The molecule has 3 aromatic rings. The first-order chi connectivity index (χ1) is 14.3. The number of halogens is 4. The number of aromatic amines is 1. The molecule has 0 bridgehead atoms. The van der Waals surface area contributed by atoms with Gasteiger partial charge in [-0.05, 0) is 35.9 Å². The van der Waals surface area contributed by atoms with Gasteiger partial charge in [-0.3, -0.25) is 5.10 Å². The van der Waals surface area contributed by atoms with E-state index < -0.39 is 17.8 Å². The zero-order valence-corrected chi connectivity index (χ0v) is 16.2. The number of alkyl halides is 3. The second-order valence-electron chi connectivity index (χ2n) is 6.75. The molecule has 8 heteroatoms. The van der Waals surface area contributed by atoms with Crippen LogP contribution in [-0.2, 0) is 12.8 Å². The zero-order valence-electron chi connectivity index (χ0n) is 15.4. The van der Waals surface area contributed by atoms with Crippen molar-refractivity contribution < 1.29 is 23.0 Å². The highest BCUT2D eigenvalue weighted by Gasteiger charge is 2.39. The maximum Gasteiger partial charge on any atom is 0.433 e. The van der Waals surface area contributed by atoms with E-state index >= 15 is 0 Å². The normalized spacial score (nSPS) is 13.9. The van der Waals surface area contributed by atoms with Crippen LogP contribution >= 0.6 is 11.6 Å². The molecule has 0 amide bonds. The first-order valence-corrected chi connectivity index (χ1v) is 9.42. The van der Waals surface area contributed by atoms with Crippen molar-refractivity contribution in [2.24, 2.45) is 0 Å². The van der Waals surface area contributed by atoms with Crippen molar-refractivity contribution in [1.82, 2.24) is 10.2 Å². The Bertz CT molecular complexity index is 1110. The average Bonchev–Trinajstić information content (AvgIpc) is 3.37. The van der Waals surface area contributed by atoms with Crippen LogP contribution in [0.3, 0.4) is 0 Å². The number of nitrogens with one attached hydrogen (secondary N) is 1. The second kappa shape index (κ2) is 7.91. The highest BCUT2D eigenvalue weighted by Crippen LogP contribution is 2.43. The SMILES string of the molecule is Oc1ccc(OCc2ccc(Cl)cc2)cc1-c1n[nH]c(C(F)(F)F)c1C1C=CC=C1. The molecule has 0 radical (unpaired) electrons. The number of nitrogens with zero attached hydrogens (tertiary/aromatic N) is 1. The summed E-state index contributed by atoms with van der Waals surface area (Å²) in [6.45, 7) is 0.233. The molecular weight excluding hydrogens is 417 g/mol. The minimum absolute atomic E-state index is 0.0259. The van der Waals surface area contributed by atoms with Crippen molar-refractivity contribution in [1.29, 1.82) is 0 Å². The number of ether oxygens (including phenoxy) is 1. The van der Waals surface area contributed by atoms with E-state index in [1.54, 1.807) is 42.5 Å². The van der Waals surface area contributed by atoms with Gasteiger partial charge in [0.25, 0.3) is 0 Å². The van der Waals surface area contributed by atoms with Crippen LogP contribution in [0.1, 0.15) is 22.7 Å². The van der Waals surface area contributed by atoms with Gasteiger partial charge in [0, 0.05) is 22.1 Å². The molecule has 0 aliphatic heterocycles. The molecule has 1 heterocycles. The van der Waals surface area contributed by atoms with Gasteiger partial charge in [-0.2, -0.15) is 18.3 Å². The lowest BCUT2D eigenvalue weighted by molar-refractivity contribution is -0.141. The van der Waals surface area contributed by atoms with E-state index in [4.69, 9.17) is 16.3 Å². The Hall–Kier alpha value is -3.19. The van der Waals surface area contributed by atoms with Gasteiger partial charge < -0.3 is 9.84 Å². The quantitative estimate of drug-likeness (QED) is 0.501. The first-order valence-electron chi connectivity index (χ1n) is 9.04. The van der Waals surface area contributed by atoms with Crippen LogP contribution in [0.5, 0.6) is 11.5 Å². The number of hydrogen-bond donors (Lipinski definition) is 2. The van der Waals surface area contributed by atoms with Gasteiger partial charge in [-0.1, -0.05) is 48.0 Å². The van der Waals surface area contributed by atoms with Crippen LogP contribution in [0.4, 0.5) is 13.2 Å². The Balaban J connectivity index is 1.69. The van der Waals surface area contributed by atoms with Gasteiger partial charge >= 0.3 is 6.18 Å². The predicted molar refractivity (Wildman–Crippen MR) is 107 cm³/mol. The highest BCUT2D eigenvalue weighted by molar-refractivity contribution is 6.30. The third-order valence-electron chi connectivity index (χ3n) is 4.71. The Morgan fingerprint density at radius 1 is 1.07 bits per heavy atom. The van der Waals surface area contributed by atoms with Gasteiger partial charge in [-0.15, -0.1) is 0 Å². The molecule has 0 atom stereocenters. The van der Waals surface area contributed by atoms with Gasteiger partial charge in [0.15, 0.2) is 0 Å². The molecule has 4 nitrogen and oxygen atoms in total. The first kappa shape index (κ1) is 20.1. The molecule has 2 N–H and O–H groups in total. The third-order valence-corrected chi connectivity index (χ3v) is 4.96. The summed E-state index contributed by atoms with van der Waals surface area (Å²) in [4.78, 5) is 0. The molecule has 1 aliphatic rings. The smallest absolute Gasteiger partial charge is 0.433 e. The van der Waals surface area contributed by atoms with Crippen LogP contribution < -0.4 is 4.74 Å². The Labute approximate surface area is 175 Å². The maximum atomic E-state index is 13.5. The molecule has 0 saturated heterocycles. The summed E-state index contributed by atoms with van der Waals surface area (Å²) in [5, 5.41) is 16.9.